The number of aromatic nitrogens is 3. The molecule has 0 spiro atoms. The van der Waals surface area contributed by atoms with E-state index in [0.29, 0.717) is 0 Å². The summed E-state index contributed by atoms with van der Waals surface area (Å²) in [4.78, 5) is 4.71. The highest BCUT2D eigenvalue weighted by atomic mass is 16.5. The molecule has 1 heterocycles. The predicted molar refractivity (Wildman–Crippen MR) is 118 cm³/mol. The number of aryl methyl sites for hydroxylation is 1. The molecule has 7 heteroatoms. The van der Waals surface area contributed by atoms with E-state index in [1.807, 2.05) is 6.07 Å². The first-order valence-corrected chi connectivity index (χ1v) is 10.8. The van der Waals surface area contributed by atoms with Crippen LogP contribution in [0.2, 0.25) is 0 Å². The maximum Gasteiger partial charge on any atom is 0.191 e. The Hall–Kier alpha value is -2.41. The lowest BCUT2D eigenvalue weighted by atomic mass is 10.1. The average molecular weight is 401 g/mol. The third kappa shape index (κ3) is 9.56. The number of rotatable bonds is 14. The van der Waals surface area contributed by atoms with Crippen LogP contribution in [0.1, 0.15) is 44.5 Å². The second-order valence-corrected chi connectivity index (χ2v) is 6.93. The van der Waals surface area contributed by atoms with Crippen molar-refractivity contribution in [1.29, 1.82) is 0 Å². The topological polar surface area (TPSA) is 76.4 Å². The summed E-state index contributed by atoms with van der Waals surface area (Å²) < 4.78 is 7.70. The molecule has 29 heavy (non-hydrogen) atoms. The Bertz CT molecular complexity index is 686. The largest absolute Gasteiger partial charge is 0.381 e. The SMILES string of the molecule is CCCCOCCCN=C(NCCc1ccccc1)NCCn1cnnc1CC. The number of aliphatic imine (C=N–C) groups is 1. The van der Waals surface area contributed by atoms with Gasteiger partial charge >= 0.3 is 0 Å². The summed E-state index contributed by atoms with van der Waals surface area (Å²) in [6.07, 6.45) is 6.86. The highest BCUT2D eigenvalue weighted by Crippen LogP contribution is 1.98. The van der Waals surface area contributed by atoms with Crippen LogP contribution < -0.4 is 10.6 Å². The van der Waals surface area contributed by atoms with Crippen molar-refractivity contribution >= 4 is 5.96 Å². The highest BCUT2D eigenvalue weighted by molar-refractivity contribution is 5.79. The van der Waals surface area contributed by atoms with Crippen LogP contribution in [0, 0.1) is 0 Å². The van der Waals surface area contributed by atoms with E-state index in [9.17, 15) is 0 Å². The van der Waals surface area contributed by atoms with Crippen molar-refractivity contribution in [2.75, 3.05) is 32.8 Å². The van der Waals surface area contributed by atoms with Crippen molar-refractivity contribution in [2.24, 2.45) is 4.99 Å². The monoisotopic (exact) mass is 400 g/mol. The van der Waals surface area contributed by atoms with Gasteiger partial charge in [-0.25, -0.2) is 0 Å². The van der Waals surface area contributed by atoms with Gasteiger partial charge in [-0.2, -0.15) is 0 Å². The minimum absolute atomic E-state index is 0.750. The third-order valence-electron chi connectivity index (χ3n) is 4.56. The molecule has 2 rings (SSSR count). The minimum atomic E-state index is 0.750. The molecule has 0 saturated heterocycles. The highest BCUT2D eigenvalue weighted by Gasteiger charge is 2.03. The van der Waals surface area contributed by atoms with Crippen molar-refractivity contribution in [3.8, 4) is 0 Å². The molecule has 0 saturated carbocycles. The normalized spacial score (nSPS) is 11.6. The lowest BCUT2D eigenvalue weighted by Crippen LogP contribution is -2.40. The van der Waals surface area contributed by atoms with Gasteiger partial charge in [0.25, 0.3) is 0 Å². The van der Waals surface area contributed by atoms with Gasteiger partial charge in [-0.3, -0.25) is 4.99 Å². The van der Waals surface area contributed by atoms with Gasteiger partial charge in [0.05, 0.1) is 0 Å². The number of benzene rings is 1. The zero-order chi connectivity index (χ0) is 20.6. The number of nitrogens with zero attached hydrogens (tertiary/aromatic N) is 4. The van der Waals surface area contributed by atoms with Crippen LogP contribution in [0.5, 0.6) is 0 Å². The van der Waals surface area contributed by atoms with E-state index >= 15 is 0 Å². The summed E-state index contributed by atoms with van der Waals surface area (Å²) in [5.41, 5.74) is 1.32. The van der Waals surface area contributed by atoms with E-state index in [2.05, 4.69) is 63.5 Å². The molecule has 2 N–H and O–H groups in total. The van der Waals surface area contributed by atoms with Crippen molar-refractivity contribution in [1.82, 2.24) is 25.4 Å². The molecule has 2 aromatic rings. The fraction of sp³-hybridized carbons (Fsp3) is 0.591. The Balaban J connectivity index is 1.76. The van der Waals surface area contributed by atoms with Crippen molar-refractivity contribution < 1.29 is 4.74 Å². The van der Waals surface area contributed by atoms with Gasteiger partial charge in [0, 0.05) is 45.8 Å². The van der Waals surface area contributed by atoms with Crippen LogP contribution in [0.3, 0.4) is 0 Å². The molecule has 0 unspecified atom stereocenters. The first-order valence-electron chi connectivity index (χ1n) is 10.8. The van der Waals surface area contributed by atoms with Crippen LogP contribution in [-0.2, 0) is 24.1 Å². The van der Waals surface area contributed by atoms with Crippen LogP contribution in [0.15, 0.2) is 41.7 Å². The average Bonchev–Trinajstić information content (AvgIpc) is 3.21. The predicted octanol–water partition coefficient (Wildman–Crippen LogP) is 2.83. The van der Waals surface area contributed by atoms with Crippen LogP contribution in [0.25, 0.3) is 0 Å². The fourth-order valence-electron chi connectivity index (χ4n) is 2.88. The zero-order valence-corrected chi connectivity index (χ0v) is 17.9. The molecule has 0 atom stereocenters. The summed E-state index contributed by atoms with van der Waals surface area (Å²) in [6, 6.07) is 10.5. The third-order valence-corrected chi connectivity index (χ3v) is 4.56. The van der Waals surface area contributed by atoms with Gasteiger partial charge in [0.15, 0.2) is 5.96 Å². The number of ether oxygens (including phenoxy) is 1. The van der Waals surface area contributed by atoms with Gasteiger partial charge in [-0.05, 0) is 24.8 Å². The molecule has 0 aliphatic carbocycles. The maximum absolute atomic E-state index is 5.62. The minimum Gasteiger partial charge on any atom is -0.381 e. The first-order chi connectivity index (χ1) is 14.3. The Morgan fingerprint density at radius 1 is 1.07 bits per heavy atom. The maximum atomic E-state index is 5.62. The Morgan fingerprint density at radius 3 is 2.66 bits per heavy atom. The summed E-state index contributed by atoms with van der Waals surface area (Å²) in [5, 5.41) is 15.0. The van der Waals surface area contributed by atoms with Crippen LogP contribution in [-0.4, -0.2) is 53.6 Å². The van der Waals surface area contributed by atoms with Gasteiger partial charge in [0.1, 0.15) is 12.2 Å². The number of hydrogen-bond donors (Lipinski definition) is 2. The summed E-state index contributed by atoms with van der Waals surface area (Å²) in [5.74, 6) is 1.85. The molecule has 160 valence electrons. The molecule has 0 radical (unpaired) electrons. The lowest BCUT2D eigenvalue weighted by molar-refractivity contribution is 0.130. The van der Waals surface area contributed by atoms with Gasteiger partial charge in [0.2, 0.25) is 0 Å². The second kappa shape index (κ2) is 14.6. The van der Waals surface area contributed by atoms with Gasteiger partial charge < -0.3 is 19.9 Å². The standard InChI is InChI=1S/C22H36N6O/c1-3-5-17-29-18-9-13-23-22(24-14-12-20-10-7-6-8-11-20)25-15-16-28-19-26-27-21(28)4-2/h6-8,10-11,19H,3-5,9,12-18H2,1-2H3,(H2,23,24,25). The molecule has 0 amide bonds. The summed E-state index contributed by atoms with van der Waals surface area (Å²) in [7, 11) is 0. The van der Waals surface area contributed by atoms with Crippen molar-refractivity contribution in [3.05, 3.63) is 48.0 Å². The molecule has 0 aliphatic rings. The van der Waals surface area contributed by atoms with E-state index < -0.39 is 0 Å². The van der Waals surface area contributed by atoms with E-state index in [4.69, 9.17) is 9.73 Å². The lowest BCUT2D eigenvalue weighted by Gasteiger charge is -2.13. The Kier molecular flexibility index (Phi) is 11.5. The molecule has 0 aliphatic heterocycles. The Morgan fingerprint density at radius 2 is 1.86 bits per heavy atom. The smallest absolute Gasteiger partial charge is 0.191 e. The Labute approximate surface area is 175 Å². The molecule has 7 nitrogen and oxygen atoms in total. The van der Waals surface area contributed by atoms with Gasteiger partial charge in [-0.15, -0.1) is 10.2 Å². The molecular formula is C22H36N6O. The van der Waals surface area contributed by atoms with Crippen molar-refractivity contribution in [2.45, 2.75) is 52.5 Å². The first kappa shape index (κ1) is 22.9. The molecule has 0 bridgehead atoms. The fourth-order valence-corrected chi connectivity index (χ4v) is 2.88. The molecule has 0 fully saturated rings. The van der Waals surface area contributed by atoms with E-state index in [1.165, 1.54) is 12.0 Å². The van der Waals surface area contributed by atoms with Crippen LogP contribution in [0.4, 0.5) is 0 Å². The van der Waals surface area contributed by atoms with Crippen LogP contribution >= 0.6 is 0 Å². The number of hydrogen-bond acceptors (Lipinski definition) is 4. The number of unbranched alkanes of at least 4 members (excludes halogenated alkanes) is 1. The summed E-state index contributed by atoms with van der Waals surface area (Å²) >= 11 is 0. The zero-order valence-electron chi connectivity index (χ0n) is 17.9. The van der Waals surface area contributed by atoms with E-state index in [0.717, 1.165) is 76.9 Å². The quantitative estimate of drug-likeness (QED) is 0.290. The van der Waals surface area contributed by atoms with Crippen molar-refractivity contribution in [3.63, 3.8) is 0 Å². The van der Waals surface area contributed by atoms with Gasteiger partial charge in [-0.1, -0.05) is 50.6 Å². The summed E-state index contributed by atoms with van der Waals surface area (Å²) in [6.45, 7) is 9.06. The molecular weight excluding hydrogens is 364 g/mol. The number of nitrogens with one attached hydrogen (secondary N) is 2. The molecule has 1 aromatic carbocycles. The number of guanidine groups is 1. The molecule has 1 aromatic heterocycles. The van der Waals surface area contributed by atoms with E-state index in [1.54, 1.807) is 6.33 Å². The second-order valence-electron chi connectivity index (χ2n) is 6.93. The van der Waals surface area contributed by atoms with E-state index in [-0.39, 0.29) is 0 Å².